The lowest BCUT2D eigenvalue weighted by atomic mass is 10.2. The number of rotatable bonds is 6. The first-order chi connectivity index (χ1) is 9.70. The Labute approximate surface area is 115 Å². The van der Waals surface area contributed by atoms with Gasteiger partial charge in [0.05, 0.1) is 18.9 Å². The third-order valence-corrected chi connectivity index (χ3v) is 2.74. The van der Waals surface area contributed by atoms with Crippen molar-refractivity contribution in [2.75, 3.05) is 13.7 Å². The molecular formula is C13H15FN4O2. The van der Waals surface area contributed by atoms with Gasteiger partial charge in [-0.2, -0.15) is 0 Å². The van der Waals surface area contributed by atoms with E-state index in [1.165, 1.54) is 19.2 Å². The zero-order chi connectivity index (χ0) is 14.4. The number of nitrogens with zero attached hydrogens (tertiary/aromatic N) is 3. The van der Waals surface area contributed by atoms with E-state index in [4.69, 9.17) is 4.74 Å². The summed E-state index contributed by atoms with van der Waals surface area (Å²) in [7, 11) is 1.44. The van der Waals surface area contributed by atoms with Gasteiger partial charge >= 0.3 is 0 Å². The number of hydrogen-bond donors (Lipinski definition) is 1. The van der Waals surface area contributed by atoms with E-state index in [0.717, 1.165) is 0 Å². The zero-order valence-electron chi connectivity index (χ0n) is 11.0. The lowest BCUT2D eigenvalue weighted by Crippen LogP contribution is -2.26. The molecule has 0 fully saturated rings. The summed E-state index contributed by atoms with van der Waals surface area (Å²) in [5.74, 6) is -0.660. The molecule has 0 aliphatic heterocycles. The van der Waals surface area contributed by atoms with E-state index in [1.807, 2.05) is 0 Å². The van der Waals surface area contributed by atoms with Crippen LogP contribution in [0.4, 0.5) is 4.39 Å². The van der Waals surface area contributed by atoms with Crippen molar-refractivity contribution in [1.82, 2.24) is 20.3 Å². The summed E-state index contributed by atoms with van der Waals surface area (Å²) in [6, 6.07) is 4.14. The quantitative estimate of drug-likeness (QED) is 0.807. The number of benzene rings is 1. The third kappa shape index (κ3) is 3.53. The number of methoxy groups -OCH3 is 1. The number of hydrogen-bond acceptors (Lipinski definition) is 4. The molecule has 0 radical (unpaired) electrons. The molecule has 0 saturated heterocycles. The van der Waals surface area contributed by atoms with Crippen LogP contribution in [0.15, 0.2) is 30.6 Å². The largest absolute Gasteiger partial charge is 0.497 e. The third-order valence-electron chi connectivity index (χ3n) is 2.74. The van der Waals surface area contributed by atoms with Crippen molar-refractivity contribution in [3.63, 3.8) is 0 Å². The number of carbonyl (C=O) groups is 1. The molecule has 1 heterocycles. The number of aryl methyl sites for hydroxylation is 1. The van der Waals surface area contributed by atoms with Crippen LogP contribution < -0.4 is 10.1 Å². The second-order valence-electron chi connectivity index (χ2n) is 4.12. The maximum Gasteiger partial charge on any atom is 0.254 e. The van der Waals surface area contributed by atoms with Crippen molar-refractivity contribution in [1.29, 1.82) is 0 Å². The van der Waals surface area contributed by atoms with Crippen LogP contribution in [0, 0.1) is 5.82 Å². The molecule has 0 aliphatic carbocycles. The number of aromatic nitrogens is 3. The molecule has 1 amide bonds. The van der Waals surface area contributed by atoms with E-state index in [2.05, 4.69) is 15.6 Å². The molecule has 7 heteroatoms. The molecule has 0 aliphatic rings. The smallest absolute Gasteiger partial charge is 0.254 e. The topological polar surface area (TPSA) is 69.0 Å². The molecule has 20 heavy (non-hydrogen) atoms. The van der Waals surface area contributed by atoms with Crippen LogP contribution in [0.2, 0.25) is 0 Å². The molecule has 0 unspecified atom stereocenters. The van der Waals surface area contributed by atoms with Gasteiger partial charge in [0.15, 0.2) is 0 Å². The Morgan fingerprint density at radius 1 is 1.50 bits per heavy atom. The van der Waals surface area contributed by atoms with Crippen LogP contribution in [-0.4, -0.2) is 34.6 Å². The number of amides is 1. The first kappa shape index (κ1) is 14.0. The minimum Gasteiger partial charge on any atom is -0.497 e. The van der Waals surface area contributed by atoms with Crippen molar-refractivity contribution in [2.45, 2.75) is 13.0 Å². The number of halogens is 1. The predicted octanol–water partition coefficient (Wildman–Crippen LogP) is 1.25. The molecule has 1 aromatic heterocycles. The summed E-state index contributed by atoms with van der Waals surface area (Å²) >= 11 is 0. The van der Waals surface area contributed by atoms with Crippen molar-refractivity contribution in [3.8, 4) is 5.75 Å². The standard InChI is InChI=1S/C13H15FN4O2/c1-20-10-3-4-11(12(14)9-10)13(19)15-5-2-7-18-8-6-16-17-18/h3-4,6,8-9H,2,5,7H2,1H3,(H,15,19). The monoisotopic (exact) mass is 278 g/mol. The fourth-order valence-electron chi connectivity index (χ4n) is 1.70. The highest BCUT2D eigenvalue weighted by molar-refractivity contribution is 5.94. The highest BCUT2D eigenvalue weighted by atomic mass is 19.1. The Bertz CT molecular complexity index is 572. The van der Waals surface area contributed by atoms with Crippen molar-refractivity contribution in [2.24, 2.45) is 0 Å². The first-order valence-corrected chi connectivity index (χ1v) is 6.16. The van der Waals surface area contributed by atoms with Gasteiger partial charge in [0.25, 0.3) is 5.91 Å². The van der Waals surface area contributed by atoms with Crippen molar-refractivity contribution >= 4 is 5.91 Å². The average molecular weight is 278 g/mol. The van der Waals surface area contributed by atoms with E-state index in [-0.39, 0.29) is 5.56 Å². The van der Waals surface area contributed by atoms with E-state index in [0.29, 0.717) is 25.3 Å². The van der Waals surface area contributed by atoms with Gasteiger partial charge in [-0.1, -0.05) is 5.21 Å². The van der Waals surface area contributed by atoms with Crippen LogP contribution in [0.5, 0.6) is 5.75 Å². The Balaban J connectivity index is 1.82. The Morgan fingerprint density at radius 3 is 3.00 bits per heavy atom. The normalized spacial score (nSPS) is 10.3. The summed E-state index contributed by atoms with van der Waals surface area (Å²) in [5.41, 5.74) is 0.00607. The van der Waals surface area contributed by atoms with Gasteiger partial charge in [0, 0.05) is 25.4 Å². The van der Waals surface area contributed by atoms with Gasteiger partial charge in [-0.05, 0) is 18.6 Å². The van der Waals surface area contributed by atoms with Crippen LogP contribution >= 0.6 is 0 Å². The molecule has 0 spiro atoms. The summed E-state index contributed by atoms with van der Waals surface area (Å²) in [6.07, 6.45) is 4.02. The van der Waals surface area contributed by atoms with E-state index in [9.17, 15) is 9.18 Å². The number of carbonyl (C=O) groups excluding carboxylic acids is 1. The number of nitrogens with one attached hydrogen (secondary N) is 1. The molecule has 6 nitrogen and oxygen atoms in total. The maximum atomic E-state index is 13.7. The van der Waals surface area contributed by atoms with Crippen LogP contribution in [0.3, 0.4) is 0 Å². The molecule has 0 bridgehead atoms. The maximum absolute atomic E-state index is 13.7. The molecule has 0 atom stereocenters. The van der Waals surface area contributed by atoms with Gasteiger partial charge in [-0.3, -0.25) is 9.48 Å². The lowest BCUT2D eigenvalue weighted by molar-refractivity contribution is 0.0948. The Kier molecular flexibility index (Phi) is 4.65. The second-order valence-corrected chi connectivity index (χ2v) is 4.12. The van der Waals surface area contributed by atoms with E-state index >= 15 is 0 Å². The van der Waals surface area contributed by atoms with E-state index < -0.39 is 11.7 Å². The minimum atomic E-state index is -0.599. The average Bonchev–Trinajstić information content (AvgIpc) is 2.96. The second kappa shape index (κ2) is 6.65. The van der Waals surface area contributed by atoms with Gasteiger partial charge < -0.3 is 10.1 Å². The molecular weight excluding hydrogens is 263 g/mol. The van der Waals surface area contributed by atoms with Crippen molar-refractivity contribution < 1.29 is 13.9 Å². The molecule has 106 valence electrons. The molecule has 1 N–H and O–H groups in total. The first-order valence-electron chi connectivity index (χ1n) is 6.16. The summed E-state index contributed by atoms with van der Waals surface area (Å²) in [6.45, 7) is 1.08. The van der Waals surface area contributed by atoms with Gasteiger partial charge in [-0.15, -0.1) is 5.10 Å². The highest BCUT2D eigenvalue weighted by Gasteiger charge is 2.11. The summed E-state index contributed by atoms with van der Waals surface area (Å²) < 4.78 is 20.2. The van der Waals surface area contributed by atoms with Gasteiger partial charge in [-0.25, -0.2) is 4.39 Å². The summed E-state index contributed by atoms with van der Waals surface area (Å²) in [4.78, 5) is 11.8. The Hall–Kier alpha value is -2.44. The molecule has 2 aromatic rings. The van der Waals surface area contributed by atoms with Gasteiger partial charge in [0.2, 0.25) is 0 Å². The molecule has 1 aromatic carbocycles. The Morgan fingerprint density at radius 2 is 2.35 bits per heavy atom. The van der Waals surface area contributed by atoms with Crippen molar-refractivity contribution in [3.05, 3.63) is 42.0 Å². The lowest BCUT2D eigenvalue weighted by Gasteiger charge is -2.07. The fourth-order valence-corrected chi connectivity index (χ4v) is 1.70. The van der Waals surface area contributed by atoms with Gasteiger partial charge in [0.1, 0.15) is 11.6 Å². The number of ether oxygens (including phenoxy) is 1. The predicted molar refractivity (Wildman–Crippen MR) is 69.9 cm³/mol. The highest BCUT2D eigenvalue weighted by Crippen LogP contribution is 2.15. The van der Waals surface area contributed by atoms with Crippen LogP contribution in [0.1, 0.15) is 16.8 Å². The SMILES string of the molecule is COc1ccc(C(=O)NCCCn2ccnn2)c(F)c1. The zero-order valence-corrected chi connectivity index (χ0v) is 11.0. The molecule has 2 rings (SSSR count). The molecule has 0 saturated carbocycles. The van der Waals surface area contributed by atoms with Crippen LogP contribution in [0.25, 0.3) is 0 Å². The van der Waals surface area contributed by atoms with E-state index in [1.54, 1.807) is 23.1 Å². The fraction of sp³-hybridized carbons (Fsp3) is 0.308. The minimum absolute atomic E-state index is 0.00607. The van der Waals surface area contributed by atoms with Crippen LogP contribution in [-0.2, 0) is 6.54 Å². The summed E-state index contributed by atoms with van der Waals surface area (Å²) in [5, 5.41) is 10.1.